The minimum absolute atomic E-state index is 0.0255. The number of sulfonamides is 1. The predicted molar refractivity (Wildman–Crippen MR) is 101 cm³/mol. The first-order valence-corrected chi connectivity index (χ1v) is 10.1. The topological polar surface area (TPSA) is 92.8 Å². The average molecular weight is 388 g/mol. The molecule has 1 heterocycles. The van der Waals surface area contributed by atoms with Gasteiger partial charge in [0.05, 0.1) is 24.1 Å². The first kappa shape index (κ1) is 18.9. The van der Waals surface area contributed by atoms with Crippen molar-refractivity contribution in [1.82, 2.24) is 5.32 Å². The van der Waals surface area contributed by atoms with E-state index in [4.69, 9.17) is 0 Å². The maximum absolute atomic E-state index is 12.6. The van der Waals surface area contributed by atoms with Crippen LogP contribution < -0.4 is 9.62 Å². The molecule has 2 aromatic carbocycles. The molecule has 2 aromatic rings. The van der Waals surface area contributed by atoms with Crippen LogP contribution in [0.2, 0.25) is 0 Å². The molecule has 8 heteroatoms. The molecule has 3 rings (SSSR count). The Hall–Kier alpha value is -2.87. The third kappa shape index (κ3) is 4.11. The summed E-state index contributed by atoms with van der Waals surface area (Å²) in [6, 6.07) is 13.5. The molecule has 1 aliphatic heterocycles. The molecule has 27 heavy (non-hydrogen) atoms. The van der Waals surface area contributed by atoms with Gasteiger partial charge in [0, 0.05) is 18.7 Å². The monoisotopic (exact) mass is 388 g/mol. The zero-order valence-corrected chi connectivity index (χ0v) is 15.7. The Kier molecular flexibility index (Phi) is 5.46. The molecule has 7 nitrogen and oxygen atoms in total. The molecule has 0 atom stereocenters. The van der Waals surface area contributed by atoms with Crippen LogP contribution in [0.15, 0.2) is 48.5 Å². The summed E-state index contributed by atoms with van der Waals surface area (Å²) in [5, 5.41) is 2.59. The summed E-state index contributed by atoms with van der Waals surface area (Å²) in [6.07, 6.45) is 0.683. The summed E-state index contributed by atoms with van der Waals surface area (Å²) < 4.78 is 31.2. The number of carbonyl (C=O) groups is 2. The minimum atomic E-state index is -3.53. The molecular formula is C19H20N2O5S. The summed E-state index contributed by atoms with van der Waals surface area (Å²) in [7, 11) is -2.27. The van der Waals surface area contributed by atoms with Crippen LogP contribution in [0.5, 0.6) is 0 Å². The van der Waals surface area contributed by atoms with E-state index in [9.17, 15) is 18.0 Å². The fourth-order valence-corrected chi connectivity index (χ4v) is 4.44. The van der Waals surface area contributed by atoms with Crippen molar-refractivity contribution in [2.45, 2.75) is 6.42 Å². The Labute approximate surface area is 158 Å². The van der Waals surface area contributed by atoms with E-state index in [1.165, 1.54) is 23.5 Å². The molecule has 1 aliphatic rings. The van der Waals surface area contributed by atoms with Crippen LogP contribution in [0.3, 0.4) is 0 Å². The van der Waals surface area contributed by atoms with Gasteiger partial charge in [0.1, 0.15) is 0 Å². The Bertz CT molecular complexity index is 972. The summed E-state index contributed by atoms with van der Waals surface area (Å²) in [5.74, 6) is -1.19. The summed E-state index contributed by atoms with van der Waals surface area (Å²) in [4.78, 5) is 23.8. The molecule has 0 aliphatic carbocycles. The number of nitrogens with one attached hydrogen (secondary N) is 1. The van der Waals surface area contributed by atoms with E-state index in [0.717, 1.165) is 5.56 Å². The molecule has 0 saturated heterocycles. The van der Waals surface area contributed by atoms with Gasteiger partial charge in [-0.15, -0.1) is 0 Å². The molecule has 0 fully saturated rings. The number of ether oxygens (including phenoxy) is 1. The van der Waals surface area contributed by atoms with Crippen molar-refractivity contribution in [3.63, 3.8) is 0 Å². The van der Waals surface area contributed by atoms with Crippen LogP contribution >= 0.6 is 0 Å². The Balaban J connectivity index is 1.61. The lowest BCUT2D eigenvalue weighted by Gasteiger charge is -2.19. The maximum Gasteiger partial charge on any atom is 0.337 e. The van der Waals surface area contributed by atoms with Crippen molar-refractivity contribution in [3.05, 3.63) is 65.2 Å². The third-order valence-electron chi connectivity index (χ3n) is 4.37. The first-order chi connectivity index (χ1) is 12.9. The van der Waals surface area contributed by atoms with Gasteiger partial charge in [-0.05, 0) is 36.2 Å². The highest BCUT2D eigenvalue weighted by molar-refractivity contribution is 7.92. The van der Waals surface area contributed by atoms with Crippen molar-refractivity contribution in [2.24, 2.45) is 0 Å². The number of fused-ring (bicyclic) bond motifs is 1. The molecule has 0 aromatic heterocycles. The van der Waals surface area contributed by atoms with Crippen molar-refractivity contribution in [2.75, 3.05) is 30.3 Å². The number of rotatable bonds is 6. The van der Waals surface area contributed by atoms with Gasteiger partial charge in [0.25, 0.3) is 5.91 Å². The Morgan fingerprint density at radius 3 is 2.63 bits per heavy atom. The quantitative estimate of drug-likeness (QED) is 0.759. The van der Waals surface area contributed by atoms with Gasteiger partial charge in [0.2, 0.25) is 10.0 Å². The SMILES string of the molecule is COC(=O)c1cccc(C(=O)NCCS(=O)(=O)N2CCc3ccccc32)c1. The predicted octanol–water partition coefficient (Wildman–Crippen LogP) is 1.60. The number of esters is 1. The average Bonchev–Trinajstić information content (AvgIpc) is 3.12. The molecule has 0 radical (unpaired) electrons. The van der Waals surface area contributed by atoms with E-state index >= 15 is 0 Å². The largest absolute Gasteiger partial charge is 0.465 e. The fourth-order valence-electron chi connectivity index (χ4n) is 3.01. The number of para-hydroxylation sites is 1. The molecule has 0 bridgehead atoms. The molecule has 0 unspecified atom stereocenters. The normalized spacial score (nSPS) is 13.1. The zero-order valence-electron chi connectivity index (χ0n) is 14.8. The lowest BCUT2D eigenvalue weighted by atomic mass is 10.1. The Morgan fingerprint density at radius 2 is 1.85 bits per heavy atom. The van der Waals surface area contributed by atoms with Crippen LogP contribution in [0.25, 0.3) is 0 Å². The van der Waals surface area contributed by atoms with Crippen molar-refractivity contribution < 1.29 is 22.7 Å². The van der Waals surface area contributed by atoms with E-state index in [1.807, 2.05) is 18.2 Å². The molecule has 1 amide bonds. The molecule has 142 valence electrons. The summed E-state index contributed by atoms with van der Waals surface area (Å²) in [5.41, 5.74) is 2.23. The second-order valence-corrected chi connectivity index (χ2v) is 8.11. The van der Waals surface area contributed by atoms with Gasteiger partial charge in [-0.3, -0.25) is 9.10 Å². The van der Waals surface area contributed by atoms with E-state index in [0.29, 0.717) is 18.7 Å². The van der Waals surface area contributed by atoms with E-state index < -0.39 is 21.9 Å². The highest BCUT2D eigenvalue weighted by atomic mass is 32.2. The maximum atomic E-state index is 12.6. The second kappa shape index (κ2) is 7.79. The highest BCUT2D eigenvalue weighted by Crippen LogP contribution is 2.29. The lowest BCUT2D eigenvalue weighted by Crippen LogP contribution is -2.37. The summed E-state index contributed by atoms with van der Waals surface area (Å²) in [6.45, 7) is 0.388. The molecule has 0 spiro atoms. The van der Waals surface area contributed by atoms with Crippen molar-refractivity contribution >= 4 is 27.6 Å². The van der Waals surface area contributed by atoms with Gasteiger partial charge >= 0.3 is 5.97 Å². The summed E-state index contributed by atoms with van der Waals surface area (Å²) >= 11 is 0. The number of hydrogen-bond acceptors (Lipinski definition) is 5. The van der Waals surface area contributed by atoms with Gasteiger partial charge in [-0.2, -0.15) is 0 Å². The number of nitrogens with zero attached hydrogens (tertiary/aromatic N) is 1. The number of anilines is 1. The van der Waals surface area contributed by atoms with Gasteiger partial charge in [-0.1, -0.05) is 24.3 Å². The van der Waals surface area contributed by atoms with Gasteiger partial charge in [-0.25, -0.2) is 13.2 Å². The number of carbonyl (C=O) groups excluding carboxylic acids is 2. The lowest BCUT2D eigenvalue weighted by molar-refractivity contribution is 0.0600. The minimum Gasteiger partial charge on any atom is -0.465 e. The smallest absolute Gasteiger partial charge is 0.337 e. The van der Waals surface area contributed by atoms with Gasteiger partial charge < -0.3 is 10.1 Å². The molecule has 0 saturated carbocycles. The van der Waals surface area contributed by atoms with E-state index in [1.54, 1.807) is 18.2 Å². The molecule has 1 N–H and O–H groups in total. The zero-order chi connectivity index (χ0) is 19.4. The standard InChI is InChI=1S/C19H20N2O5S/c1-26-19(23)16-7-4-6-15(13-16)18(22)20-10-12-27(24,25)21-11-9-14-5-2-3-8-17(14)21/h2-8,13H,9-12H2,1H3,(H,20,22). The van der Waals surface area contributed by atoms with Crippen LogP contribution in [0.4, 0.5) is 5.69 Å². The van der Waals surface area contributed by atoms with Crippen LogP contribution in [-0.2, 0) is 21.2 Å². The highest BCUT2D eigenvalue weighted by Gasteiger charge is 2.28. The number of benzene rings is 2. The number of amides is 1. The number of methoxy groups -OCH3 is 1. The Morgan fingerprint density at radius 1 is 1.11 bits per heavy atom. The van der Waals surface area contributed by atoms with Gasteiger partial charge in [0.15, 0.2) is 0 Å². The molecular weight excluding hydrogens is 368 g/mol. The first-order valence-electron chi connectivity index (χ1n) is 8.47. The van der Waals surface area contributed by atoms with Crippen LogP contribution in [0, 0.1) is 0 Å². The van der Waals surface area contributed by atoms with E-state index in [-0.39, 0.29) is 23.4 Å². The fraction of sp³-hybridized carbons (Fsp3) is 0.263. The third-order valence-corrected chi connectivity index (χ3v) is 6.14. The van der Waals surface area contributed by atoms with Crippen molar-refractivity contribution in [3.8, 4) is 0 Å². The second-order valence-electron chi connectivity index (χ2n) is 6.10. The van der Waals surface area contributed by atoms with Crippen molar-refractivity contribution in [1.29, 1.82) is 0 Å². The number of hydrogen-bond donors (Lipinski definition) is 1. The van der Waals surface area contributed by atoms with Crippen LogP contribution in [0.1, 0.15) is 26.3 Å². The van der Waals surface area contributed by atoms with E-state index in [2.05, 4.69) is 10.1 Å². The van der Waals surface area contributed by atoms with Crippen LogP contribution in [-0.4, -0.2) is 46.2 Å².